The topological polar surface area (TPSA) is 72.8 Å². The van der Waals surface area contributed by atoms with Gasteiger partial charge in [0.05, 0.1) is 25.7 Å². The fourth-order valence-electron chi connectivity index (χ4n) is 7.52. The molecule has 0 amide bonds. The summed E-state index contributed by atoms with van der Waals surface area (Å²) >= 11 is 0. The Hall–Kier alpha value is -3.70. The van der Waals surface area contributed by atoms with Crippen molar-refractivity contribution < 1.29 is 24.2 Å². The first-order valence-corrected chi connectivity index (χ1v) is 19.0. The Balaban J connectivity index is 1.42. The number of ether oxygens (including phenoxy) is 2. The summed E-state index contributed by atoms with van der Waals surface area (Å²) in [4.78, 5) is 24.3. The Morgan fingerprint density at radius 2 is 1.56 bits per heavy atom. The molecule has 5 nitrogen and oxygen atoms in total. The lowest BCUT2D eigenvalue weighted by Crippen LogP contribution is -2.28. The minimum Gasteiger partial charge on any atom is -0.465 e. The van der Waals surface area contributed by atoms with Gasteiger partial charge in [-0.3, -0.25) is 4.79 Å². The van der Waals surface area contributed by atoms with Gasteiger partial charge < -0.3 is 14.6 Å². The van der Waals surface area contributed by atoms with Gasteiger partial charge in [-0.15, -0.1) is 0 Å². The second kappa shape index (κ2) is 19.1. The standard InChI is InChI=1S/C45H60O5/c1-8-10-11-12-35-13-18-39(25-31(35)5)43-22-20-40(27-34(43)9-2)42-21-19-38(26-32(42)6)36-14-16-37(17-15-36)41(29-50-44(47)30(3)4)23-24-49-45(48)33(7)28-46/h13,18-22,25-27,33,36-37,41,46H,3,8-12,14-17,23-24,28-29H2,1-2,4-7H3. The van der Waals surface area contributed by atoms with Crippen molar-refractivity contribution in [1.82, 2.24) is 0 Å². The van der Waals surface area contributed by atoms with E-state index in [0.717, 1.165) is 38.5 Å². The van der Waals surface area contributed by atoms with Crippen molar-refractivity contribution in [2.75, 3.05) is 19.8 Å². The van der Waals surface area contributed by atoms with Gasteiger partial charge in [-0.25, -0.2) is 4.79 Å². The number of aliphatic hydroxyl groups is 1. The summed E-state index contributed by atoms with van der Waals surface area (Å²) in [6.07, 6.45) is 10.8. The number of hydrogen-bond donors (Lipinski definition) is 1. The summed E-state index contributed by atoms with van der Waals surface area (Å²) in [5.41, 5.74) is 12.5. The van der Waals surface area contributed by atoms with Crippen molar-refractivity contribution >= 4 is 11.9 Å². The van der Waals surface area contributed by atoms with E-state index in [-0.39, 0.29) is 25.1 Å². The van der Waals surface area contributed by atoms with Crippen molar-refractivity contribution in [2.24, 2.45) is 17.8 Å². The highest BCUT2D eigenvalue weighted by Gasteiger charge is 2.30. The number of carbonyl (C=O) groups is 2. The van der Waals surface area contributed by atoms with Crippen LogP contribution in [0, 0.1) is 31.6 Å². The average molecular weight is 681 g/mol. The lowest BCUT2D eigenvalue weighted by molar-refractivity contribution is -0.150. The molecular weight excluding hydrogens is 620 g/mol. The van der Waals surface area contributed by atoms with Crippen LogP contribution in [0.1, 0.15) is 113 Å². The smallest absolute Gasteiger partial charge is 0.333 e. The highest BCUT2D eigenvalue weighted by atomic mass is 16.5. The summed E-state index contributed by atoms with van der Waals surface area (Å²) in [6, 6.07) is 21.0. The van der Waals surface area contributed by atoms with Gasteiger partial charge in [-0.05, 0) is 147 Å². The van der Waals surface area contributed by atoms with Crippen LogP contribution >= 0.6 is 0 Å². The molecule has 1 N–H and O–H groups in total. The first-order valence-electron chi connectivity index (χ1n) is 19.0. The molecule has 1 aliphatic rings. The van der Waals surface area contributed by atoms with E-state index >= 15 is 0 Å². The molecule has 0 aromatic heterocycles. The van der Waals surface area contributed by atoms with Crippen molar-refractivity contribution in [3.63, 3.8) is 0 Å². The molecule has 0 radical (unpaired) electrons. The molecule has 3 aromatic carbocycles. The van der Waals surface area contributed by atoms with Gasteiger partial charge in [-0.1, -0.05) is 87.9 Å². The van der Waals surface area contributed by atoms with E-state index in [1.165, 1.54) is 69.3 Å². The number of hydrogen-bond acceptors (Lipinski definition) is 5. The Kier molecular flexibility index (Phi) is 14.9. The number of unbranched alkanes of at least 4 members (excludes halogenated alkanes) is 2. The van der Waals surface area contributed by atoms with Crippen LogP contribution in [0.15, 0.2) is 66.7 Å². The normalized spacial score (nSPS) is 17.2. The number of rotatable bonds is 17. The van der Waals surface area contributed by atoms with Gasteiger partial charge in [0.25, 0.3) is 0 Å². The molecule has 0 bridgehead atoms. The van der Waals surface area contributed by atoms with Crippen molar-refractivity contribution in [2.45, 2.75) is 112 Å². The van der Waals surface area contributed by atoms with Gasteiger partial charge in [-0.2, -0.15) is 0 Å². The third kappa shape index (κ3) is 10.4. The molecule has 0 saturated heterocycles. The van der Waals surface area contributed by atoms with E-state index < -0.39 is 11.9 Å². The lowest BCUT2D eigenvalue weighted by atomic mass is 9.73. The molecule has 50 heavy (non-hydrogen) atoms. The zero-order valence-corrected chi connectivity index (χ0v) is 31.5. The summed E-state index contributed by atoms with van der Waals surface area (Å²) < 4.78 is 11.0. The average Bonchev–Trinajstić information content (AvgIpc) is 3.12. The van der Waals surface area contributed by atoms with Gasteiger partial charge in [0.1, 0.15) is 0 Å². The highest BCUT2D eigenvalue weighted by Crippen LogP contribution is 2.41. The zero-order chi connectivity index (χ0) is 36.2. The molecule has 270 valence electrons. The maximum Gasteiger partial charge on any atom is 0.333 e. The van der Waals surface area contributed by atoms with Crippen molar-refractivity contribution in [3.8, 4) is 22.3 Å². The Bertz CT molecular complexity index is 1590. The monoisotopic (exact) mass is 680 g/mol. The first kappa shape index (κ1) is 39.1. The zero-order valence-electron chi connectivity index (χ0n) is 31.5. The summed E-state index contributed by atoms with van der Waals surface area (Å²) in [5, 5.41) is 9.27. The molecular formula is C45H60O5. The maximum absolute atomic E-state index is 12.2. The molecule has 0 aliphatic heterocycles. The van der Waals surface area contributed by atoms with Gasteiger partial charge in [0.2, 0.25) is 0 Å². The summed E-state index contributed by atoms with van der Waals surface area (Å²) in [6.45, 7) is 16.3. The number of benzene rings is 3. The Morgan fingerprint density at radius 1 is 0.860 bits per heavy atom. The van der Waals surface area contributed by atoms with E-state index in [9.17, 15) is 14.7 Å². The summed E-state index contributed by atoms with van der Waals surface area (Å²) in [5.74, 6) is -0.350. The van der Waals surface area contributed by atoms with Crippen LogP contribution in [0.5, 0.6) is 0 Å². The minimum absolute atomic E-state index is 0.101. The predicted octanol–water partition coefficient (Wildman–Crippen LogP) is 10.5. The van der Waals surface area contributed by atoms with E-state index in [1.54, 1.807) is 13.8 Å². The minimum atomic E-state index is -0.541. The Labute approximate surface area is 301 Å². The van der Waals surface area contributed by atoms with E-state index in [1.807, 2.05) is 0 Å². The first-order chi connectivity index (χ1) is 24.1. The second-order valence-corrected chi connectivity index (χ2v) is 14.7. The Morgan fingerprint density at radius 3 is 2.20 bits per heavy atom. The van der Waals surface area contributed by atoms with E-state index in [4.69, 9.17) is 9.47 Å². The molecule has 0 heterocycles. The summed E-state index contributed by atoms with van der Waals surface area (Å²) in [7, 11) is 0. The number of aryl methyl sites for hydroxylation is 4. The van der Waals surface area contributed by atoms with Crippen LogP contribution in [0.3, 0.4) is 0 Å². The van der Waals surface area contributed by atoms with Crippen LogP contribution in [0.4, 0.5) is 0 Å². The van der Waals surface area contributed by atoms with Crippen molar-refractivity contribution in [3.05, 3.63) is 94.6 Å². The van der Waals surface area contributed by atoms with Gasteiger partial charge in [0.15, 0.2) is 0 Å². The second-order valence-electron chi connectivity index (χ2n) is 14.7. The molecule has 1 aliphatic carbocycles. The number of esters is 2. The fourth-order valence-corrected chi connectivity index (χ4v) is 7.52. The van der Waals surface area contributed by atoms with Crippen molar-refractivity contribution in [1.29, 1.82) is 0 Å². The SMILES string of the molecule is C=C(C)C(=O)OCC(CCOC(=O)C(C)CO)C1CCC(c2ccc(-c3ccc(-c4ccc(CCCCC)c(C)c4)c(CC)c3)c(C)c2)CC1. The van der Waals surface area contributed by atoms with Crippen LogP contribution in [-0.4, -0.2) is 36.9 Å². The lowest BCUT2D eigenvalue weighted by Gasteiger charge is -2.34. The van der Waals surface area contributed by atoms with Gasteiger partial charge in [0, 0.05) is 5.57 Å². The molecule has 1 fully saturated rings. The molecule has 1 saturated carbocycles. The third-order valence-electron chi connectivity index (χ3n) is 10.8. The van der Waals surface area contributed by atoms with Crippen LogP contribution in [-0.2, 0) is 31.9 Å². The van der Waals surface area contributed by atoms with Gasteiger partial charge >= 0.3 is 11.9 Å². The molecule has 2 atom stereocenters. The van der Waals surface area contributed by atoms with Crippen LogP contribution in [0.2, 0.25) is 0 Å². The predicted molar refractivity (Wildman–Crippen MR) is 205 cm³/mol. The maximum atomic E-state index is 12.2. The van der Waals surface area contributed by atoms with Crippen LogP contribution in [0.25, 0.3) is 22.3 Å². The van der Waals surface area contributed by atoms with E-state index in [0.29, 0.717) is 30.4 Å². The van der Waals surface area contributed by atoms with E-state index in [2.05, 4.69) is 88.9 Å². The quantitative estimate of drug-likeness (QED) is 0.0873. The highest BCUT2D eigenvalue weighted by molar-refractivity contribution is 5.86. The fraction of sp³-hybridized carbons (Fsp3) is 0.511. The molecule has 0 spiro atoms. The molecule has 4 rings (SSSR count). The number of carbonyl (C=O) groups excluding carboxylic acids is 2. The largest absolute Gasteiger partial charge is 0.465 e. The third-order valence-corrected chi connectivity index (χ3v) is 10.8. The molecule has 5 heteroatoms. The molecule has 3 aromatic rings. The van der Waals surface area contributed by atoms with Crippen LogP contribution < -0.4 is 0 Å². The number of aliphatic hydroxyl groups excluding tert-OH is 1. The molecule has 2 unspecified atom stereocenters.